The van der Waals surface area contributed by atoms with Crippen molar-refractivity contribution in [2.24, 2.45) is 0 Å². The molecule has 0 fully saturated rings. The van der Waals surface area contributed by atoms with Crippen LogP contribution in [0.1, 0.15) is 22.3 Å². The first-order valence-electron chi connectivity index (χ1n) is 11.1. The van der Waals surface area contributed by atoms with E-state index in [1.165, 1.54) is 13.2 Å². The van der Waals surface area contributed by atoms with Gasteiger partial charge in [-0.15, -0.1) is 0 Å². The Hall–Kier alpha value is -4.09. The first kappa shape index (κ1) is 26.5. The molecule has 0 spiro atoms. The first-order valence-corrected chi connectivity index (χ1v) is 11.9. The lowest BCUT2D eigenvalue weighted by molar-refractivity contribution is -0.118. The van der Waals surface area contributed by atoms with Crippen LogP contribution in [0.3, 0.4) is 0 Å². The van der Waals surface area contributed by atoms with Crippen LogP contribution >= 0.6 is 15.9 Å². The molecule has 0 saturated heterocycles. The van der Waals surface area contributed by atoms with Gasteiger partial charge in [0.1, 0.15) is 11.6 Å². The van der Waals surface area contributed by atoms with Gasteiger partial charge in [-0.05, 0) is 84.2 Å². The number of ether oxygens (including phenoxy) is 2. The summed E-state index contributed by atoms with van der Waals surface area (Å²) in [5, 5.41) is 15.1. The maximum Gasteiger partial charge on any atom is 0.266 e. The molecule has 3 rings (SSSR count). The highest BCUT2D eigenvalue weighted by Gasteiger charge is 2.16. The van der Waals surface area contributed by atoms with E-state index in [0.29, 0.717) is 32.9 Å². The lowest BCUT2D eigenvalue weighted by atomic mass is 10.1. The van der Waals surface area contributed by atoms with Gasteiger partial charge in [-0.1, -0.05) is 35.4 Å². The second-order valence-corrected chi connectivity index (χ2v) is 9.03. The molecule has 0 atom stereocenters. The van der Waals surface area contributed by atoms with Crippen LogP contribution in [0.15, 0.2) is 64.6 Å². The lowest BCUT2D eigenvalue weighted by Crippen LogP contribution is -2.20. The van der Waals surface area contributed by atoms with E-state index >= 15 is 0 Å². The molecule has 36 heavy (non-hydrogen) atoms. The molecule has 2 N–H and O–H groups in total. The van der Waals surface area contributed by atoms with Crippen molar-refractivity contribution in [1.29, 1.82) is 5.26 Å². The highest BCUT2D eigenvalue weighted by atomic mass is 79.9. The third-order valence-electron chi connectivity index (χ3n) is 5.24. The standard InChI is InChI=1S/C28H26BrN3O4/c1-17-5-8-22(9-6-17)31-26(33)16-36-27-23(29)13-20(14-25(27)35-4)12-21(15-30)28(34)32-24-10-7-18(2)11-19(24)3/h5-14H,16H2,1-4H3,(H,31,33)(H,32,34)/b21-12+. The molecule has 8 heteroatoms. The van der Waals surface area contributed by atoms with Gasteiger partial charge in [0.05, 0.1) is 11.6 Å². The van der Waals surface area contributed by atoms with Crippen molar-refractivity contribution in [3.05, 3.63) is 86.9 Å². The van der Waals surface area contributed by atoms with Crippen LogP contribution in [0, 0.1) is 32.1 Å². The number of amides is 2. The minimum absolute atomic E-state index is 0.0740. The number of nitrogens with zero attached hydrogens (tertiary/aromatic N) is 1. The number of aryl methyl sites for hydroxylation is 3. The van der Waals surface area contributed by atoms with E-state index in [-0.39, 0.29) is 18.1 Å². The molecule has 2 amide bonds. The third kappa shape index (κ3) is 6.96. The van der Waals surface area contributed by atoms with Crippen LogP contribution in [0.25, 0.3) is 6.08 Å². The number of hydrogen-bond acceptors (Lipinski definition) is 5. The minimum Gasteiger partial charge on any atom is -0.493 e. The van der Waals surface area contributed by atoms with E-state index in [1.807, 2.05) is 63.2 Å². The fourth-order valence-corrected chi connectivity index (χ4v) is 3.97. The number of hydrogen-bond donors (Lipinski definition) is 2. The number of halogens is 1. The highest BCUT2D eigenvalue weighted by Crippen LogP contribution is 2.37. The summed E-state index contributed by atoms with van der Waals surface area (Å²) in [6.45, 7) is 5.59. The van der Waals surface area contributed by atoms with Crippen molar-refractivity contribution in [3.8, 4) is 17.6 Å². The number of nitrogens with one attached hydrogen (secondary N) is 2. The second kappa shape index (κ2) is 12.0. The topological polar surface area (TPSA) is 100 Å². The summed E-state index contributed by atoms with van der Waals surface area (Å²) in [4.78, 5) is 25.0. The largest absolute Gasteiger partial charge is 0.493 e. The number of benzene rings is 3. The molecule has 0 unspecified atom stereocenters. The molecule has 0 aliphatic rings. The Balaban J connectivity index is 1.74. The molecule has 0 aromatic heterocycles. The predicted octanol–water partition coefficient (Wildman–Crippen LogP) is 5.95. The summed E-state index contributed by atoms with van der Waals surface area (Å²) in [5.74, 6) is -0.183. The zero-order valence-electron chi connectivity index (χ0n) is 20.4. The summed E-state index contributed by atoms with van der Waals surface area (Å²) < 4.78 is 11.6. The Bertz CT molecular complexity index is 1360. The molecule has 3 aromatic rings. The van der Waals surface area contributed by atoms with Crippen LogP contribution in [0.5, 0.6) is 11.5 Å². The Kier molecular flexibility index (Phi) is 8.87. The number of methoxy groups -OCH3 is 1. The normalized spacial score (nSPS) is 10.8. The molecular formula is C28H26BrN3O4. The third-order valence-corrected chi connectivity index (χ3v) is 5.83. The minimum atomic E-state index is -0.521. The van der Waals surface area contributed by atoms with Crippen LogP contribution < -0.4 is 20.1 Å². The number of nitriles is 1. The molecule has 0 bridgehead atoms. The van der Waals surface area contributed by atoms with E-state index in [0.717, 1.165) is 16.7 Å². The van der Waals surface area contributed by atoms with E-state index in [2.05, 4.69) is 26.6 Å². The van der Waals surface area contributed by atoms with Gasteiger partial charge in [-0.3, -0.25) is 9.59 Å². The second-order valence-electron chi connectivity index (χ2n) is 8.18. The maximum atomic E-state index is 12.7. The van der Waals surface area contributed by atoms with E-state index in [4.69, 9.17) is 9.47 Å². The molecule has 0 aliphatic carbocycles. The fourth-order valence-electron chi connectivity index (χ4n) is 3.39. The van der Waals surface area contributed by atoms with Gasteiger partial charge in [0.25, 0.3) is 11.8 Å². The first-order chi connectivity index (χ1) is 17.2. The summed E-state index contributed by atoms with van der Waals surface area (Å²) in [7, 11) is 1.46. The van der Waals surface area contributed by atoms with Gasteiger partial charge < -0.3 is 20.1 Å². The maximum absolute atomic E-state index is 12.7. The van der Waals surface area contributed by atoms with Gasteiger partial charge >= 0.3 is 0 Å². The molecule has 0 heterocycles. The molecule has 0 aliphatic heterocycles. The highest BCUT2D eigenvalue weighted by molar-refractivity contribution is 9.10. The van der Waals surface area contributed by atoms with Crippen molar-refractivity contribution in [2.45, 2.75) is 20.8 Å². The smallest absolute Gasteiger partial charge is 0.266 e. The number of rotatable bonds is 8. The van der Waals surface area contributed by atoms with Crippen LogP contribution in [-0.2, 0) is 9.59 Å². The molecule has 184 valence electrons. The van der Waals surface area contributed by atoms with Crippen molar-refractivity contribution < 1.29 is 19.1 Å². The monoisotopic (exact) mass is 547 g/mol. The summed E-state index contributed by atoms with van der Waals surface area (Å²) >= 11 is 3.43. The van der Waals surface area contributed by atoms with E-state index in [1.54, 1.807) is 18.2 Å². The average Bonchev–Trinajstić information content (AvgIpc) is 2.84. The number of anilines is 2. The molecule has 0 radical (unpaired) electrons. The summed E-state index contributed by atoms with van der Waals surface area (Å²) in [6.07, 6.45) is 1.46. The summed E-state index contributed by atoms with van der Waals surface area (Å²) in [6, 6.07) is 18.3. The van der Waals surface area contributed by atoms with Crippen LogP contribution in [0.4, 0.5) is 11.4 Å². The number of carbonyl (C=O) groups excluding carboxylic acids is 2. The summed E-state index contributed by atoms with van der Waals surface area (Å²) in [5.41, 5.74) is 4.85. The Labute approximate surface area is 218 Å². The van der Waals surface area contributed by atoms with Crippen LogP contribution in [-0.4, -0.2) is 25.5 Å². The molecule has 0 saturated carbocycles. The van der Waals surface area contributed by atoms with Crippen molar-refractivity contribution >= 4 is 45.2 Å². The van der Waals surface area contributed by atoms with E-state index in [9.17, 15) is 14.9 Å². The number of carbonyl (C=O) groups is 2. The zero-order valence-corrected chi connectivity index (χ0v) is 22.0. The lowest BCUT2D eigenvalue weighted by Gasteiger charge is -2.14. The molecule has 3 aromatic carbocycles. The van der Waals surface area contributed by atoms with Gasteiger partial charge in [-0.2, -0.15) is 5.26 Å². The van der Waals surface area contributed by atoms with Gasteiger partial charge in [0, 0.05) is 11.4 Å². The van der Waals surface area contributed by atoms with Crippen molar-refractivity contribution in [2.75, 3.05) is 24.4 Å². The van der Waals surface area contributed by atoms with Crippen LogP contribution in [0.2, 0.25) is 0 Å². The quantitative estimate of drug-likeness (QED) is 0.268. The SMILES string of the molecule is COc1cc(/C=C(\C#N)C(=O)Nc2ccc(C)cc2C)cc(Br)c1OCC(=O)Nc1ccc(C)cc1. The average molecular weight is 548 g/mol. The Morgan fingerprint density at radius 3 is 2.33 bits per heavy atom. The van der Waals surface area contributed by atoms with Gasteiger partial charge in [-0.25, -0.2) is 0 Å². The van der Waals surface area contributed by atoms with Crippen molar-refractivity contribution in [1.82, 2.24) is 0 Å². The Morgan fingerprint density at radius 1 is 1.00 bits per heavy atom. The van der Waals surface area contributed by atoms with Gasteiger partial charge in [0.2, 0.25) is 0 Å². The fraction of sp³-hybridized carbons (Fsp3) is 0.179. The molecule has 7 nitrogen and oxygen atoms in total. The van der Waals surface area contributed by atoms with E-state index < -0.39 is 5.91 Å². The predicted molar refractivity (Wildman–Crippen MR) is 144 cm³/mol. The molecular weight excluding hydrogens is 522 g/mol. The van der Waals surface area contributed by atoms with Gasteiger partial charge in [0.15, 0.2) is 18.1 Å². The Morgan fingerprint density at radius 2 is 1.69 bits per heavy atom. The van der Waals surface area contributed by atoms with Crippen molar-refractivity contribution in [3.63, 3.8) is 0 Å². The zero-order chi connectivity index (χ0) is 26.2.